The molecule has 0 aliphatic heterocycles. The van der Waals surface area contributed by atoms with Gasteiger partial charge in [-0.25, -0.2) is 0 Å². The Balaban J connectivity index is 1.73. The molecule has 0 amide bonds. The van der Waals surface area contributed by atoms with Crippen LogP contribution < -0.4 is 0 Å². The van der Waals surface area contributed by atoms with E-state index in [-0.39, 0.29) is 5.92 Å². The van der Waals surface area contributed by atoms with E-state index >= 15 is 0 Å². The van der Waals surface area contributed by atoms with Crippen LogP contribution in [0.15, 0.2) is 35.5 Å². The number of rotatable bonds is 5. The van der Waals surface area contributed by atoms with Crippen molar-refractivity contribution in [1.29, 1.82) is 0 Å². The van der Waals surface area contributed by atoms with Crippen molar-refractivity contribution in [3.05, 3.63) is 35.5 Å². The maximum atomic E-state index is 10.2. The van der Waals surface area contributed by atoms with Crippen molar-refractivity contribution in [3.8, 4) is 0 Å². The summed E-state index contributed by atoms with van der Waals surface area (Å²) in [5.41, 5.74) is 2.43. The van der Waals surface area contributed by atoms with E-state index in [0.717, 1.165) is 0 Å². The summed E-state index contributed by atoms with van der Waals surface area (Å²) in [4.78, 5) is 0. The van der Waals surface area contributed by atoms with Crippen LogP contribution in [0.5, 0.6) is 0 Å². The van der Waals surface area contributed by atoms with Gasteiger partial charge in [-0.15, -0.1) is 0 Å². The fraction of sp³-hybridized carbons (Fsp3) is 0.778. The Bertz CT molecular complexity index is 671. The Morgan fingerprint density at radius 3 is 2.33 bits per heavy atom. The van der Waals surface area contributed by atoms with Gasteiger partial charge in [-0.05, 0) is 88.4 Å². The van der Waals surface area contributed by atoms with Crippen LogP contribution in [0.2, 0.25) is 0 Å². The van der Waals surface area contributed by atoms with Crippen molar-refractivity contribution in [1.82, 2.24) is 0 Å². The molecule has 3 saturated carbocycles. The molecule has 3 aliphatic rings. The molecule has 3 fully saturated rings. The Morgan fingerprint density at radius 1 is 1.03 bits per heavy atom. The first-order valence-corrected chi connectivity index (χ1v) is 12.2. The van der Waals surface area contributed by atoms with E-state index in [1.807, 2.05) is 13.8 Å². The largest absolute Gasteiger partial charge is 0.393 e. The van der Waals surface area contributed by atoms with Crippen LogP contribution in [0.3, 0.4) is 0 Å². The van der Waals surface area contributed by atoms with E-state index in [9.17, 15) is 15.3 Å². The van der Waals surface area contributed by atoms with Crippen LogP contribution in [0.4, 0.5) is 0 Å². The second kappa shape index (κ2) is 9.30. The van der Waals surface area contributed by atoms with Crippen LogP contribution in [0.1, 0.15) is 86.0 Å². The van der Waals surface area contributed by atoms with Crippen molar-refractivity contribution in [2.24, 2.45) is 29.1 Å². The standard InChI is InChI=1S/C27H44O3/c1-18(8-9-19(2)26(3,4)30)24-12-13-25-21(7-6-14-27(24,25)5)11-10-20-15-22(28)17-23(29)16-20/h8-11,18-19,22-25,28-30H,6-7,12-17H2,1-5H3/b9-8+,21-11+/t18-,19-,22+,23+,24?,25?,27+/m0/s1. The SMILES string of the molecule is C[C@@H](/C=C/[C@H](C)C(C)(C)O)C1CCC2/C(=C/C=C3C[C@@H](O)C[C@H](O)C3)CCC[C@@]21C. The van der Waals surface area contributed by atoms with Crippen molar-refractivity contribution in [2.75, 3.05) is 0 Å². The maximum Gasteiger partial charge on any atom is 0.0651 e. The Kier molecular flexibility index (Phi) is 7.37. The predicted octanol–water partition coefficient (Wildman–Crippen LogP) is 5.56. The molecule has 7 atom stereocenters. The highest BCUT2D eigenvalue weighted by Gasteiger charge is 2.50. The molecule has 3 heteroatoms. The molecule has 0 aromatic rings. The van der Waals surface area contributed by atoms with E-state index in [0.29, 0.717) is 42.4 Å². The van der Waals surface area contributed by atoms with E-state index < -0.39 is 17.8 Å². The number of aliphatic hydroxyl groups excluding tert-OH is 2. The van der Waals surface area contributed by atoms with Crippen molar-refractivity contribution in [3.63, 3.8) is 0 Å². The van der Waals surface area contributed by atoms with Gasteiger partial charge in [0.25, 0.3) is 0 Å². The fourth-order valence-electron chi connectivity index (χ4n) is 6.39. The smallest absolute Gasteiger partial charge is 0.0651 e. The zero-order chi connectivity index (χ0) is 22.1. The first-order chi connectivity index (χ1) is 14.0. The first-order valence-electron chi connectivity index (χ1n) is 12.2. The molecular weight excluding hydrogens is 372 g/mol. The van der Waals surface area contributed by atoms with E-state index in [4.69, 9.17) is 0 Å². The third-order valence-electron chi connectivity index (χ3n) is 8.56. The molecule has 0 heterocycles. The highest BCUT2D eigenvalue weighted by atomic mass is 16.3. The second-order valence-corrected chi connectivity index (χ2v) is 11.3. The highest BCUT2D eigenvalue weighted by molar-refractivity contribution is 5.26. The van der Waals surface area contributed by atoms with Gasteiger partial charge in [0.15, 0.2) is 0 Å². The summed E-state index contributed by atoms with van der Waals surface area (Å²) in [5.74, 6) is 2.00. The lowest BCUT2D eigenvalue weighted by Gasteiger charge is -2.44. The summed E-state index contributed by atoms with van der Waals surface area (Å²) in [7, 11) is 0. The third kappa shape index (κ3) is 5.29. The molecule has 0 radical (unpaired) electrons. The maximum absolute atomic E-state index is 10.2. The molecule has 0 bridgehead atoms. The lowest BCUT2D eigenvalue weighted by atomic mass is 9.61. The molecule has 3 nitrogen and oxygen atoms in total. The zero-order valence-corrected chi connectivity index (χ0v) is 19.8. The summed E-state index contributed by atoms with van der Waals surface area (Å²) in [6, 6.07) is 0. The Hall–Kier alpha value is -0.900. The van der Waals surface area contributed by atoms with Crippen molar-refractivity contribution >= 4 is 0 Å². The minimum atomic E-state index is -0.674. The Labute approximate surface area is 184 Å². The summed E-state index contributed by atoms with van der Waals surface area (Å²) >= 11 is 0. The van der Waals surface area contributed by atoms with E-state index in [2.05, 4.69) is 45.1 Å². The van der Waals surface area contributed by atoms with Gasteiger partial charge in [0.1, 0.15) is 0 Å². The average Bonchev–Trinajstić information content (AvgIpc) is 3.00. The van der Waals surface area contributed by atoms with Crippen LogP contribution in [0, 0.1) is 29.1 Å². The van der Waals surface area contributed by atoms with Crippen LogP contribution in [0.25, 0.3) is 0 Å². The van der Waals surface area contributed by atoms with Crippen LogP contribution in [-0.4, -0.2) is 33.1 Å². The minimum Gasteiger partial charge on any atom is -0.393 e. The molecule has 3 rings (SSSR count). The van der Waals surface area contributed by atoms with Gasteiger partial charge in [0.2, 0.25) is 0 Å². The normalized spacial score (nSPS) is 38.7. The number of allylic oxidation sites excluding steroid dienone is 4. The monoisotopic (exact) mass is 416 g/mol. The van der Waals surface area contributed by atoms with Crippen molar-refractivity contribution < 1.29 is 15.3 Å². The topological polar surface area (TPSA) is 60.7 Å². The molecule has 0 aromatic carbocycles. The molecule has 0 aromatic heterocycles. The molecule has 30 heavy (non-hydrogen) atoms. The van der Waals surface area contributed by atoms with Gasteiger partial charge in [0.05, 0.1) is 17.8 Å². The molecule has 3 N–H and O–H groups in total. The van der Waals surface area contributed by atoms with Gasteiger partial charge < -0.3 is 15.3 Å². The van der Waals surface area contributed by atoms with Gasteiger partial charge in [-0.2, -0.15) is 0 Å². The summed E-state index contributed by atoms with van der Waals surface area (Å²) < 4.78 is 0. The minimum absolute atomic E-state index is 0.152. The van der Waals surface area contributed by atoms with Crippen LogP contribution in [-0.2, 0) is 0 Å². The summed E-state index contributed by atoms with van der Waals surface area (Å²) in [6.45, 7) is 10.7. The first kappa shape index (κ1) is 23.8. The third-order valence-corrected chi connectivity index (χ3v) is 8.56. The number of fused-ring (bicyclic) bond motifs is 1. The number of hydrogen-bond donors (Lipinski definition) is 3. The zero-order valence-electron chi connectivity index (χ0n) is 19.8. The van der Waals surface area contributed by atoms with E-state index in [1.165, 1.54) is 37.7 Å². The average molecular weight is 417 g/mol. The second-order valence-electron chi connectivity index (χ2n) is 11.3. The van der Waals surface area contributed by atoms with Crippen molar-refractivity contribution in [2.45, 2.75) is 104 Å². The fourth-order valence-corrected chi connectivity index (χ4v) is 6.39. The van der Waals surface area contributed by atoms with E-state index in [1.54, 1.807) is 5.57 Å². The molecule has 0 saturated heterocycles. The van der Waals surface area contributed by atoms with Gasteiger partial charge in [0, 0.05) is 5.92 Å². The van der Waals surface area contributed by atoms with Gasteiger partial charge in [-0.1, -0.05) is 56.2 Å². The quantitative estimate of drug-likeness (QED) is 0.514. The molecule has 0 spiro atoms. The van der Waals surface area contributed by atoms with Gasteiger partial charge >= 0.3 is 0 Å². The van der Waals surface area contributed by atoms with Crippen LogP contribution >= 0.6 is 0 Å². The summed E-state index contributed by atoms with van der Waals surface area (Å²) in [5, 5.41) is 30.2. The van der Waals surface area contributed by atoms with Gasteiger partial charge in [-0.3, -0.25) is 0 Å². The number of hydrogen-bond acceptors (Lipinski definition) is 3. The predicted molar refractivity (Wildman–Crippen MR) is 124 cm³/mol. The molecule has 2 unspecified atom stereocenters. The summed E-state index contributed by atoms with van der Waals surface area (Å²) in [6.07, 6.45) is 16.5. The highest BCUT2D eigenvalue weighted by Crippen LogP contribution is 2.59. The lowest BCUT2D eigenvalue weighted by molar-refractivity contribution is 0.0436. The Morgan fingerprint density at radius 2 is 1.70 bits per heavy atom. The lowest BCUT2D eigenvalue weighted by Crippen LogP contribution is -2.35. The number of aliphatic hydroxyl groups is 3. The molecule has 170 valence electrons. The molecular formula is C27H44O3. The molecule has 3 aliphatic carbocycles.